The molecular weight excluding hydrogens is 188 g/mol. The Balaban J connectivity index is 2.14. The molecule has 0 aromatic heterocycles. The first-order valence-electron chi connectivity index (χ1n) is 4.92. The molecule has 0 radical (unpaired) electrons. The molecule has 0 heterocycles. The van der Waals surface area contributed by atoms with Gasteiger partial charge in [-0.1, -0.05) is 11.8 Å². The highest BCUT2D eigenvalue weighted by Gasteiger charge is 2.40. The van der Waals surface area contributed by atoms with Crippen molar-refractivity contribution in [2.24, 2.45) is 5.41 Å². The van der Waals surface area contributed by atoms with Crippen molar-refractivity contribution in [1.82, 2.24) is 0 Å². The molecule has 0 aliphatic heterocycles. The lowest BCUT2D eigenvalue weighted by molar-refractivity contribution is -0.110. The number of aldehydes is 1. The van der Waals surface area contributed by atoms with Crippen molar-refractivity contribution in [3.05, 3.63) is 29.8 Å². The minimum atomic E-state index is -0.333. The standard InChI is InChI=1S/C13H12O2/c1-15-12-4-2-11(3-5-12)6-7-13(10-14)8-9-13/h2-5,10H,8-9H2,1H3. The summed E-state index contributed by atoms with van der Waals surface area (Å²) in [6, 6.07) is 7.52. The van der Waals surface area contributed by atoms with Crippen LogP contribution in [-0.4, -0.2) is 13.4 Å². The Labute approximate surface area is 89.3 Å². The summed E-state index contributed by atoms with van der Waals surface area (Å²) in [6.07, 6.45) is 2.77. The van der Waals surface area contributed by atoms with Gasteiger partial charge in [0.1, 0.15) is 12.0 Å². The third-order valence-corrected chi connectivity index (χ3v) is 2.56. The highest BCUT2D eigenvalue weighted by atomic mass is 16.5. The van der Waals surface area contributed by atoms with Crippen LogP contribution in [-0.2, 0) is 4.79 Å². The molecule has 1 saturated carbocycles. The third-order valence-electron chi connectivity index (χ3n) is 2.56. The zero-order chi connectivity index (χ0) is 10.7. The van der Waals surface area contributed by atoms with Crippen molar-refractivity contribution >= 4 is 6.29 Å². The zero-order valence-electron chi connectivity index (χ0n) is 8.62. The summed E-state index contributed by atoms with van der Waals surface area (Å²) in [6.45, 7) is 0. The number of carbonyl (C=O) groups is 1. The van der Waals surface area contributed by atoms with E-state index >= 15 is 0 Å². The first-order chi connectivity index (χ1) is 7.28. The maximum Gasteiger partial charge on any atom is 0.138 e. The molecule has 76 valence electrons. The van der Waals surface area contributed by atoms with Crippen LogP contribution in [0.2, 0.25) is 0 Å². The summed E-state index contributed by atoms with van der Waals surface area (Å²) in [7, 11) is 1.63. The van der Waals surface area contributed by atoms with Gasteiger partial charge in [0, 0.05) is 5.56 Å². The SMILES string of the molecule is COc1ccc(C#CC2(C=O)CC2)cc1. The summed E-state index contributed by atoms with van der Waals surface area (Å²) in [4.78, 5) is 10.7. The molecule has 2 nitrogen and oxygen atoms in total. The van der Waals surface area contributed by atoms with Crippen LogP contribution in [0.15, 0.2) is 24.3 Å². The molecular formula is C13H12O2. The van der Waals surface area contributed by atoms with Gasteiger partial charge in [-0.05, 0) is 37.1 Å². The Morgan fingerprint density at radius 2 is 2.00 bits per heavy atom. The van der Waals surface area contributed by atoms with E-state index in [0.29, 0.717) is 0 Å². The van der Waals surface area contributed by atoms with E-state index in [9.17, 15) is 4.79 Å². The van der Waals surface area contributed by atoms with E-state index in [2.05, 4.69) is 11.8 Å². The first-order valence-corrected chi connectivity index (χ1v) is 4.92. The van der Waals surface area contributed by atoms with Gasteiger partial charge in [0.05, 0.1) is 12.5 Å². The Morgan fingerprint density at radius 1 is 1.33 bits per heavy atom. The maximum atomic E-state index is 10.7. The van der Waals surface area contributed by atoms with Crippen LogP contribution in [0, 0.1) is 17.3 Å². The molecule has 1 aliphatic carbocycles. The fraction of sp³-hybridized carbons (Fsp3) is 0.308. The molecule has 15 heavy (non-hydrogen) atoms. The van der Waals surface area contributed by atoms with Crippen molar-refractivity contribution in [1.29, 1.82) is 0 Å². The Morgan fingerprint density at radius 3 is 2.47 bits per heavy atom. The van der Waals surface area contributed by atoms with E-state index in [1.807, 2.05) is 24.3 Å². The predicted molar refractivity (Wildman–Crippen MR) is 57.6 cm³/mol. The normalized spacial score (nSPS) is 16.1. The smallest absolute Gasteiger partial charge is 0.138 e. The number of methoxy groups -OCH3 is 1. The number of benzene rings is 1. The Kier molecular flexibility index (Phi) is 2.47. The molecule has 0 saturated heterocycles. The van der Waals surface area contributed by atoms with Gasteiger partial charge in [0.15, 0.2) is 0 Å². The van der Waals surface area contributed by atoms with E-state index in [-0.39, 0.29) is 5.41 Å². The topological polar surface area (TPSA) is 26.3 Å². The van der Waals surface area contributed by atoms with Gasteiger partial charge in [0.2, 0.25) is 0 Å². The van der Waals surface area contributed by atoms with Gasteiger partial charge in [-0.25, -0.2) is 0 Å². The fourth-order valence-corrected chi connectivity index (χ4v) is 1.28. The summed E-state index contributed by atoms with van der Waals surface area (Å²) in [5, 5.41) is 0. The molecule has 2 heteroatoms. The monoisotopic (exact) mass is 200 g/mol. The summed E-state index contributed by atoms with van der Waals surface area (Å²) < 4.78 is 5.04. The minimum absolute atomic E-state index is 0.333. The van der Waals surface area contributed by atoms with Crippen LogP contribution >= 0.6 is 0 Å². The summed E-state index contributed by atoms with van der Waals surface area (Å²) in [5.74, 6) is 6.84. The number of hydrogen-bond acceptors (Lipinski definition) is 2. The average molecular weight is 200 g/mol. The molecule has 0 N–H and O–H groups in total. The second-order valence-corrected chi connectivity index (χ2v) is 3.75. The number of carbonyl (C=O) groups excluding carboxylic acids is 1. The van der Waals surface area contributed by atoms with Crippen molar-refractivity contribution in [2.75, 3.05) is 7.11 Å². The number of hydrogen-bond donors (Lipinski definition) is 0. The maximum absolute atomic E-state index is 10.7. The van der Waals surface area contributed by atoms with Crippen molar-refractivity contribution in [3.63, 3.8) is 0 Å². The molecule has 0 unspecified atom stereocenters. The molecule has 2 rings (SSSR count). The van der Waals surface area contributed by atoms with Gasteiger partial charge in [0.25, 0.3) is 0 Å². The van der Waals surface area contributed by atoms with Crippen molar-refractivity contribution in [2.45, 2.75) is 12.8 Å². The minimum Gasteiger partial charge on any atom is -0.497 e. The van der Waals surface area contributed by atoms with Gasteiger partial charge in [-0.15, -0.1) is 0 Å². The lowest BCUT2D eigenvalue weighted by Crippen LogP contribution is -1.96. The van der Waals surface area contributed by atoms with Crippen LogP contribution in [0.1, 0.15) is 18.4 Å². The van der Waals surface area contributed by atoms with Crippen LogP contribution in [0.5, 0.6) is 5.75 Å². The van der Waals surface area contributed by atoms with Gasteiger partial charge in [-0.2, -0.15) is 0 Å². The first kappa shape index (κ1) is 9.79. The highest BCUT2D eigenvalue weighted by molar-refractivity contribution is 5.69. The molecule has 0 atom stereocenters. The molecule has 1 aliphatic rings. The second-order valence-electron chi connectivity index (χ2n) is 3.75. The second kappa shape index (κ2) is 3.78. The van der Waals surface area contributed by atoms with E-state index in [4.69, 9.17) is 4.74 Å². The largest absolute Gasteiger partial charge is 0.497 e. The van der Waals surface area contributed by atoms with Crippen molar-refractivity contribution in [3.8, 4) is 17.6 Å². The molecule has 0 bridgehead atoms. The van der Waals surface area contributed by atoms with Gasteiger partial charge >= 0.3 is 0 Å². The molecule has 1 aromatic rings. The Hall–Kier alpha value is -1.75. The lowest BCUT2D eigenvalue weighted by Gasteiger charge is -1.98. The van der Waals surface area contributed by atoms with E-state index in [1.165, 1.54) is 0 Å². The van der Waals surface area contributed by atoms with E-state index in [1.54, 1.807) is 7.11 Å². The van der Waals surface area contributed by atoms with Crippen LogP contribution < -0.4 is 4.74 Å². The zero-order valence-corrected chi connectivity index (χ0v) is 8.62. The number of rotatable bonds is 2. The molecule has 0 spiro atoms. The summed E-state index contributed by atoms with van der Waals surface area (Å²) in [5.41, 5.74) is 0.587. The fourth-order valence-electron chi connectivity index (χ4n) is 1.28. The summed E-state index contributed by atoms with van der Waals surface area (Å²) >= 11 is 0. The quantitative estimate of drug-likeness (QED) is 0.539. The van der Waals surface area contributed by atoms with Gasteiger partial charge < -0.3 is 9.53 Å². The number of ether oxygens (including phenoxy) is 1. The van der Waals surface area contributed by atoms with E-state index < -0.39 is 0 Å². The average Bonchev–Trinajstić information content (AvgIpc) is 3.08. The van der Waals surface area contributed by atoms with Gasteiger partial charge in [-0.3, -0.25) is 0 Å². The lowest BCUT2D eigenvalue weighted by atomic mass is 10.1. The molecule has 1 aromatic carbocycles. The molecule has 1 fully saturated rings. The highest BCUT2D eigenvalue weighted by Crippen LogP contribution is 2.42. The van der Waals surface area contributed by atoms with Crippen LogP contribution in [0.3, 0.4) is 0 Å². The van der Waals surface area contributed by atoms with Crippen LogP contribution in [0.25, 0.3) is 0 Å². The molecule has 0 amide bonds. The third kappa shape index (κ3) is 2.19. The van der Waals surface area contributed by atoms with Crippen molar-refractivity contribution < 1.29 is 9.53 Å². The Bertz CT molecular complexity index is 416. The van der Waals surface area contributed by atoms with E-state index in [0.717, 1.165) is 30.4 Å². The predicted octanol–water partition coefficient (Wildman–Crippen LogP) is 2.03. The van der Waals surface area contributed by atoms with Crippen LogP contribution in [0.4, 0.5) is 0 Å².